The van der Waals surface area contributed by atoms with Crippen molar-refractivity contribution < 1.29 is 23.1 Å². The summed E-state index contributed by atoms with van der Waals surface area (Å²) in [6, 6.07) is 22.2. The lowest BCUT2D eigenvalue weighted by atomic mass is 9.94. The van der Waals surface area contributed by atoms with Gasteiger partial charge in [0.05, 0.1) is 28.8 Å². The first kappa shape index (κ1) is 24.2. The Bertz CT molecular complexity index is 1390. The Kier molecular flexibility index (Phi) is 6.97. The number of nitrogens with one attached hydrogen (secondary N) is 1. The summed E-state index contributed by atoms with van der Waals surface area (Å²) in [7, 11) is -3.84. The molecule has 3 aromatic rings. The second-order valence-corrected chi connectivity index (χ2v) is 9.90. The van der Waals surface area contributed by atoms with Crippen LogP contribution in [0, 0.1) is 6.92 Å². The minimum atomic E-state index is -3.84. The summed E-state index contributed by atoms with van der Waals surface area (Å²) in [4.78, 5) is 24.1. The molecule has 0 saturated carbocycles. The van der Waals surface area contributed by atoms with Crippen molar-refractivity contribution in [3.8, 4) is 0 Å². The van der Waals surface area contributed by atoms with Crippen molar-refractivity contribution in [1.29, 1.82) is 0 Å². The molecule has 4 rings (SSSR count). The Morgan fingerprint density at radius 3 is 2.34 bits per heavy atom. The highest BCUT2D eigenvalue weighted by Gasteiger charge is 2.34. The van der Waals surface area contributed by atoms with Crippen LogP contribution in [0.4, 0.5) is 5.69 Å². The summed E-state index contributed by atoms with van der Waals surface area (Å²) in [5.41, 5.74) is 3.31. The average molecular weight is 492 g/mol. The van der Waals surface area contributed by atoms with E-state index in [1.54, 1.807) is 42.5 Å². The standard InChI is InChI=1S/C26H25N3O5S/c1-18-9-5-6-12-20(18)24-17-23(27-29(24)25(30)15-16-26(31)32)21-13-7-8-14-22(21)28-35(33,34)19-10-3-2-4-11-19/h2-14,24,28H,15-17H2,1H3,(H,31,32)/t24-/m0/s1. The summed E-state index contributed by atoms with van der Waals surface area (Å²) in [5, 5.41) is 14.9. The van der Waals surface area contributed by atoms with Gasteiger partial charge in [0.25, 0.3) is 10.0 Å². The lowest BCUT2D eigenvalue weighted by Crippen LogP contribution is -2.27. The van der Waals surface area contributed by atoms with Gasteiger partial charge in [0, 0.05) is 18.4 Å². The number of hydrazone groups is 1. The number of hydrogen-bond acceptors (Lipinski definition) is 5. The third-order valence-corrected chi connectivity index (χ3v) is 7.18. The van der Waals surface area contributed by atoms with Gasteiger partial charge in [0.1, 0.15) is 0 Å². The van der Waals surface area contributed by atoms with Gasteiger partial charge in [0.15, 0.2) is 0 Å². The zero-order valence-corrected chi connectivity index (χ0v) is 19.9. The Morgan fingerprint density at radius 1 is 0.971 bits per heavy atom. The molecule has 8 nitrogen and oxygen atoms in total. The Morgan fingerprint density at radius 2 is 1.63 bits per heavy atom. The van der Waals surface area contributed by atoms with Gasteiger partial charge >= 0.3 is 5.97 Å². The maximum Gasteiger partial charge on any atom is 0.303 e. The Hall–Kier alpha value is -3.98. The van der Waals surface area contributed by atoms with E-state index in [1.165, 1.54) is 17.1 Å². The highest BCUT2D eigenvalue weighted by Crippen LogP contribution is 2.36. The van der Waals surface area contributed by atoms with Crippen molar-refractivity contribution >= 4 is 33.3 Å². The zero-order valence-electron chi connectivity index (χ0n) is 19.1. The number of anilines is 1. The van der Waals surface area contributed by atoms with Crippen LogP contribution in [-0.2, 0) is 19.6 Å². The van der Waals surface area contributed by atoms with Crippen LogP contribution in [0.3, 0.4) is 0 Å². The van der Waals surface area contributed by atoms with E-state index in [4.69, 9.17) is 5.11 Å². The van der Waals surface area contributed by atoms with Crippen LogP contribution in [0.2, 0.25) is 0 Å². The summed E-state index contributed by atoms with van der Waals surface area (Å²) in [6.07, 6.45) is -0.126. The van der Waals surface area contributed by atoms with Crippen molar-refractivity contribution in [2.24, 2.45) is 5.10 Å². The molecule has 1 aliphatic heterocycles. The van der Waals surface area contributed by atoms with Gasteiger partial charge in [-0.3, -0.25) is 14.3 Å². The molecule has 35 heavy (non-hydrogen) atoms. The molecular weight excluding hydrogens is 466 g/mol. The molecule has 1 atom stereocenters. The average Bonchev–Trinajstić information content (AvgIpc) is 3.28. The molecule has 180 valence electrons. The van der Waals surface area contributed by atoms with Gasteiger partial charge in [0.2, 0.25) is 5.91 Å². The number of carboxylic acids is 1. The molecule has 0 saturated heterocycles. The van der Waals surface area contributed by atoms with E-state index >= 15 is 0 Å². The number of nitrogens with zero attached hydrogens (tertiary/aromatic N) is 2. The smallest absolute Gasteiger partial charge is 0.303 e. The maximum atomic E-state index is 13.0. The van der Waals surface area contributed by atoms with Gasteiger partial charge in [-0.2, -0.15) is 5.10 Å². The molecule has 0 aliphatic carbocycles. The topological polar surface area (TPSA) is 116 Å². The first-order chi connectivity index (χ1) is 16.8. The molecule has 3 aromatic carbocycles. The monoisotopic (exact) mass is 491 g/mol. The van der Waals surface area contributed by atoms with Gasteiger partial charge in [-0.05, 0) is 36.2 Å². The quantitative estimate of drug-likeness (QED) is 0.486. The molecule has 0 bridgehead atoms. The predicted molar refractivity (Wildman–Crippen MR) is 132 cm³/mol. The predicted octanol–water partition coefficient (Wildman–Crippen LogP) is 4.34. The number of aliphatic carboxylic acids is 1. The molecule has 9 heteroatoms. The van der Waals surface area contributed by atoms with Gasteiger partial charge in [-0.15, -0.1) is 0 Å². The fourth-order valence-electron chi connectivity index (χ4n) is 4.06. The molecule has 0 fully saturated rings. The number of amides is 1. The van der Waals surface area contributed by atoms with Crippen molar-refractivity contribution in [3.05, 3.63) is 95.6 Å². The van der Waals surface area contributed by atoms with E-state index in [1.807, 2.05) is 31.2 Å². The number of rotatable bonds is 8. The van der Waals surface area contributed by atoms with Crippen LogP contribution < -0.4 is 4.72 Å². The molecule has 1 aliphatic rings. The van der Waals surface area contributed by atoms with Crippen molar-refractivity contribution in [1.82, 2.24) is 5.01 Å². The molecule has 0 aromatic heterocycles. The third kappa shape index (κ3) is 5.41. The maximum absolute atomic E-state index is 13.0. The second-order valence-electron chi connectivity index (χ2n) is 8.22. The SMILES string of the molecule is Cc1ccccc1[C@@H]1CC(c2ccccc2NS(=O)(=O)c2ccccc2)=NN1C(=O)CCC(=O)O. The van der Waals surface area contributed by atoms with Gasteiger partial charge in [-0.25, -0.2) is 13.4 Å². The van der Waals surface area contributed by atoms with E-state index in [9.17, 15) is 18.0 Å². The first-order valence-corrected chi connectivity index (χ1v) is 12.6. The number of carbonyl (C=O) groups excluding carboxylic acids is 1. The van der Waals surface area contributed by atoms with Crippen LogP contribution in [-0.4, -0.2) is 36.1 Å². The lowest BCUT2D eigenvalue weighted by Gasteiger charge is -2.23. The van der Waals surface area contributed by atoms with Crippen LogP contribution in [0.15, 0.2) is 88.9 Å². The summed E-state index contributed by atoms with van der Waals surface area (Å²) < 4.78 is 28.5. The van der Waals surface area contributed by atoms with Crippen molar-refractivity contribution in [2.75, 3.05) is 4.72 Å². The fraction of sp³-hybridized carbons (Fsp3) is 0.192. The van der Waals surface area contributed by atoms with E-state index in [0.717, 1.165) is 11.1 Å². The number of carboxylic acid groups (broad SMARTS) is 1. The molecular formula is C26H25N3O5S. The molecule has 0 unspecified atom stereocenters. The molecule has 2 N–H and O–H groups in total. The van der Waals surface area contributed by atoms with Crippen LogP contribution in [0.1, 0.15) is 42.0 Å². The van der Waals surface area contributed by atoms with E-state index in [2.05, 4.69) is 9.82 Å². The summed E-state index contributed by atoms with van der Waals surface area (Å²) >= 11 is 0. The number of aryl methyl sites for hydroxylation is 1. The van der Waals surface area contributed by atoms with Crippen LogP contribution >= 0.6 is 0 Å². The highest BCUT2D eigenvalue weighted by atomic mass is 32.2. The van der Waals surface area contributed by atoms with Crippen LogP contribution in [0.25, 0.3) is 0 Å². The zero-order chi connectivity index (χ0) is 25.0. The van der Waals surface area contributed by atoms with E-state index < -0.39 is 27.9 Å². The van der Waals surface area contributed by atoms with Gasteiger partial charge in [-0.1, -0.05) is 60.7 Å². The number of hydrogen-bond donors (Lipinski definition) is 2. The Balaban J connectivity index is 1.70. The minimum absolute atomic E-state index is 0.131. The number of para-hydroxylation sites is 1. The minimum Gasteiger partial charge on any atom is -0.481 e. The third-order valence-electron chi connectivity index (χ3n) is 5.80. The van der Waals surface area contributed by atoms with Crippen molar-refractivity contribution in [2.45, 2.75) is 37.1 Å². The highest BCUT2D eigenvalue weighted by molar-refractivity contribution is 7.92. The largest absolute Gasteiger partial charge is 0.481 e. The number of sulfonamides is 1. The molecule has 1 amide bonds. The van der Waals surface area contributed by atoms with Crippen molar-refractivity contribution in [3.63, 3.8) is 0 Å². The molecule has 0 spiro atoms. The van der Waals surface area contributed by atoms with Gasteiger partial charge < -0.3 is 5.11 Å². The summed E-state index contributed by atoms with van der Waals surface area (Å²) in [6.45, 7) is 1.94. The lowest BCUT2D eigenvalue weighted by molar-refractivity contribution is -0.141. The number of carbonyl (C=O) groups is 2. The fourth-order valence-corrected chi connectivity index (χ4v) is 5.16. The molecule has 1 heterocycles. The number of benzene rings is 3. The summed E-state index contributed by atoms with van der Waals surface area (Å²) in [5.74, 6) is -1.46. The normalized spacial score (nSPS) is 15.5. The van der Waals surface area contributed by atoms with E-state index in [-0.39, 0.29) is 17.7 Å². The van der Waals surface area contributed by atoms with E-state index in [0.29, 0.717) is 23.4 Å². The molecule has 0 radical (unpaired) electrons. The van der Waals surface area contributed by atoms with Crippen LogP contribution in [0.5, 0.6) is 0 Å². The first-order valence-electron chi connectivity index (χ1n) is 11.1. The Labute approximate surface area is 204 Å². The second kappa shape index (κ2) is 10.1.